The molecule has 0 heterocycles. The summed E-state index contributed by atoms with van der Waals surface area (Å²) in [5.41, 5.74) is 1.29. The zero-order valence-corrected chi connectivity index (χ0v) is 14.9. The van der Waals surface area contributed by atoms with Crippen LogP contribution in [-0.4, -0.2) is 24.6 Å². The molecule has 0 N–H and O–H groups in total. The minimum Gasteiger partial charge on any atom is -1.00 e. The first-order chi connectivity index (χ1) is 9.56. The Balaban J connectivity index is 0.00000400. The zero-order valence-electron chi connectivity index (χ0n) is 14.2. The van der Waals surface area contributed by atoms with E-state index in [9.17, 15) is 0 Å². The smallest absolute Gasteiger partial charge is 0.0962 e. The normalized spacial score (nSPS) is 13.1. The van der Waals surface area contributed by atoms with Crippen molar-refractivity contribution in [3.63, 3.8) is 0 Å². The second kappa shape index (κ2) is 10.9. The molecule has 1 nitrogen and oxygen atoms in total. The molecule has 0 aliphatic rings. The Bertz CT molecular complexity index is 384. The molecule has 0 spiro atoms. The molecule has 1 unspecified atom stereocenters. The predicted octanol–water partition coefficient (Wildman–Crippen LogP) is 2.49. The van der Waals surface area contributed by atoms with Crippen LogP contribution in [0.5, 0.6) is 0 Å². The number of nitrogens with zero attached hydrogens (tertiary/aromatic N) is 1. The van der Waals surface area contributed by atoms with Crippen molar-refractivity contribution in [3.05, 3.63) is 42.1 Å². The van der Waals surface area contributed by atoms with Crippen LogP contribution < -0.4 is 12.4 Å². The van der Waals surface area contributed by atoms with Gasteiger partial charge in [-0.05, 0) is 31.4 Å². The first kappa shape index (κ1) is 20.2. The standard InChI is InChI=1S/C19H32N.ClH/c1-5-6-7-8-10-13-18(2)20(3,4)17-16-19-14-11-9-12-15-19;/h9,11-12,14-18H,5-8,10,13H2,1-4H3;1H/q+1;/p-1. The molecule has 1 rings (SSSR count). The van der Waals surface area contributed by atoms with E-state index in [1.165, 1.54) is 44.1 Å². The summed E-state index contributed by atoms with van der Waals surface area (Å²) in [6, 6.07) is 11.2. The number of rotatable bonds is 9. The fourth-order valence-corrected chi connectivity index (χ4v) is 2.37. The van der Waals surface area contributed by atoms with Crippen LogP contribution in [0.4, 0.5) is 0 Å². The third-order valence-electron chi connectivity index (χ3n) is 4.31. The molecule has 1 aromatic rings. The molecule has 0 aromatic heterocycles. The van der Waals surface area contributed by atoms with Crippen LogP contribution in [0.3, 0.4) is 0 Å². The summed E-state index contributed by atoms with van der Waals surface area (Å²) in [6.45, 7) is 4.64. The summed E-state index contributed by atoms with van der Waals surface area (Å²) < 4.78 is 0.961. The van der Waals surface area contributed by atoms with Crippen molar-refractivity contribution in [2.75, 3.05) is 14.1 Å². The second-order valence-electron chi connectivity index (χ2n) is 6.41. The molecule has 2 heteroatoms. The monoisotopic (exact) mass is 309 g/mol. The first-order valence-corrected chi connectivity index (χ1v) is 8.14. The van der Waals surface area contributed by atoms with Crippen molar-refractivity contribution in [1.29, 1.82) is 0 Å². The number of hydrogen-bond acceptors (Lipinski definition) is 0. The van der Waals surface area contributed by atoms with E-state index in [2.05, 4.69) is 70.6 Å². The summed E-state index contributed by atoms with van der Waals surface area (Å²) in [6.07, 6.45) is 12.8. The highest BCUT2D eigenvalue weighted by Gasteiger charge is 2.20. The maximum atomic E-state index is 2.37. The molecule has 0 amide bonds. The highest BCUT2D eigenvalue weighted by atomic mass is 35.5. The maximum Gasteiger partial charge on any atom is 0.0962 e. The van der Waals surface area contributed by atoms with Crippen LogP contribution >= 0.6 is 0 Å². The molecule has 1 aromatic carbocycles. The van der Waals surface area contributed by atoms with Gasteiger partial charge in [-0.1, -0.05) is 62.9 Å². The molecule has 0 fully saturated rings. The van der Waals surface area contributed by atoms with Gasteiger partial charge in [-0.3, -0.25) is 4.48 Å². The van der Waals surface area contributed by atoms with Gasteiger partial charge in [0.1, 0.15) is 0 Å². The molecular weight excluding hydrogens is 278 g/mol. The van der Waals surface area contributed by atoms with Gasteiger partial charge in [0.2, 0.25) is 0 Å². The van der Waals surface area contributed by atoms with E-state index >= 15 is 0 Å². The maximum absolute atomic E-state index is 2.37. The van der Waals surface area contributed by atoms with Crippen molar-refractivity contribution in [3.8, 4) is 0 Å². The summed E-state index contributed by atoms with van der Waals surface area (Å²) in [7, 11) is 4.60. The van der Waals surface area contributed by atoms with Crippen LogP contribution in [0, 0.1) is 0 Å². The number of hydrogen-bond donors (Lipinski definition) is 0. The SMILES string of the molecule is CCCCCCCC(C)[N+](C)(C)C=Cc1ccccc1.[Cl-]. The summed E-state index contributed by atoms with van der Waals surface area (Å²) in [4.78, 5) is 0. The van der Waals surface area contributed by atoms with Gasteiger partial charge < -0.3 is 12.4 Å². The molecule has 1 atom stereocenters. The van der Waals surface area contributed by atoms with Crippen molar-refractivity contribution in [2.24, 2.45) is 0 Å². The number of halogens is 1. The topological polar surface area (TPSA) is 0 Å². The van der Waals surface area contributed by atoms with Gasteiger partial charge in [0.25, 0.3) is 0 Å². The van der Waals surface area contributed by atoms with Gasteiger partial charge in [0, 0.05) is 0 Å². The third kappa shape index (κ3) is 8.28. The third-order valence-corrected chi connectivity index (χ3v) is 4.31. The van der Waals surface area contributed by atoms with Crippen molar-refractivity contribution >= 4 is 6.08 Å². The summed E-state index contributed by atoms with van der Waals surface area (Å²) >= 11 is 0. The quantitative estimate of drug-likeness (QED) is 0.486. The molecule has 120 valence electrons. The van der Waals surface area contributed by atoms with Gasteiger partial charge in [-0.25, -0.2) is 0 Å². The van der Waals surface area contributed by atoms with Crippen molar-refractivity contribution in [2.45, 2.75) is 58.4 Å². The largest absolute Gasteiger partial charge is 1.00 e. The van der Waals surface area contributed by atoms with Gasteiger partial charge in [-0.2, -0.15) is 0 Å². The minimum absolute atomic E-state index is 0. The number of unbranched alkanes of at least 4 members (excludes halogenated alkanes) is 4. The average Bonchev–Trinajstić information content (AvgIpc) is 2.46. The lowest BCUT2D eigenvalue weighted by atomic mass is 10.1. The van der Waals surface area contributed by atoms with E-state index in [-0.39, 0.29) is 12.4 Å². The Morgan fingerprint density at radius 2 is 1.62 bits per heavy atom. The zero-order chi connectivity index (χ0) is 14.8. The van der Waals surface area contributed by atoms with E-state index in [4.69, 9.17) is 0 Å². The Morgan fingerprint density at radius 3 is 2.24 bits per heavy atom. The van der Waals surface area contributed by atoms with Gasteiger partial charge in [-0.15, -0.1) is 0 Å². The van der Waals surface area contributed by atoms with Crippen LogP contribution in [0.25, 0.3) is 6.08 Å². The highest BCUT2D eigenvalue weighted by molar-refractivity contribution is 5.47. The Hall–Kier alpha value is -0.790. The second-order valence-corrected chi connectivity index (χ2v) is 6.41. The van der Waals surface area contributed by atoms with Gasteiger partial charge >= 0.3 is 0 Å². The minimum atomic E-state index is 0. The number of quaternary nitrogens is 1. The van der Waals surface area contributed by atoms with Gasteiger partial charge in [0.15, 0.2) is 0 Å². The molecule has 0 saturated heterocycles. The summed E-state index contributed by atoms with van der Waals surface area (Å²) in [5.74, 6) is 0. The molecule has 0 saturated carbocycles. The van der Waals surface area contributed by atoms with E-state index in [0.717, 1.165) is 4.48 Å². The highest BCUT2D eigenvalue weighted by Crippen LogP contribution is 2.17. The summed E-state index contributed by atoms with van der Waals surface area (Å²) in [5, 5.41) is 0. The molecule has 0 radical (unpaired) electrons. The predicted molar refractivity (Wildman–Crippen MR) is 90.4 cm³/mol. The Morgan fingerprint density at radius 1 is 1.00 bits per heavy atom. The van der Waals surface area contributed by atoms with Crippen molar-refractivity contribution < 1.29 is 16.9 Å². The van der Waals surface area contributed by atoms with Crippen LogP contribution in [0.1, 0.15) is 57.9 Å². The van der Waals surface area contributed by atoms with E-state index in [1.807, 2.05) is 0 Å². The number of benzene rings is 1. The Kier molecular flexibility index (Phi) is 10.5. The fourth-order valence-electron chi connectivity index (χ4n) is 2.37. The average molecular weight is 310 g/mol. The van der Waals surface area contributed by atoms with Gasteiger partial charge in [0.05, 0.1) is 26.3 Å². The molecule has 0 bridgehead atoms. The lowest BCUT2D eigenvalue weighted by Crippen LogP contribution is -3.00. The van der Waals surface area contributed by atoms with E-state index in [0.29, 0.717) is 6.04 Å². The van der Waals surface area contributed by atoms with E-state index in [1.54, 1.807) is 0 Å². The van der Waals surface area contributed by atoms with Crippen molar-refractivity contribution in [1.82, 2.24) is 0 Å². The lowest BCUT2D eigenvalue weighted by Gasteiger charge is -2.32. The Labute approximate surface area is 138 Å². The van der Waals surface area contributed by atoms with Crippen LogP contribution in [-0.2, 0) is 0 Å². The van der Waals surface area contributed by atoms with E-state index < -0.39 is 0 Å². The fraction of sp³-hybridized carbons (Fsp3) is 0.579. The molecular formula is C19H32ClN. The van der Waals surface area contributed by atoms with Crippen LogP contribution in [0.15, 0.2) is 36.5 Å². The molecule has 0 aliphatic heterocycles. The molecule has 0 aliphatic carbocycles. The van der Waals surface area contributed by atoms with Crippen LogP contribution in [0.2, 0.25) is 0 Å². The lowest BCUT2D eigenvalue weighted by molar-refractivity contribution is -0.863. The first-order valence-electron chi connectivity index (χ1n) is 8.14. The molecule has 21 heavy (non-hydrogen) atoms.